The fourth-order valence-electron chi connectivity index (χ4n) is 4.79. The fraction of sp³-hybridized carbons (Fsp3) is 0.600. The summed E-state index contributed by atoms with van der Waals surface area (Å²) in [6.45, 7) is 6.84. The number of hydrogen-bond donors (Lipinski definition) is 2. The van der Waals surface area contributed by atoms with Crippen LogP contribution in [0.15, 0.2) is 54.6 Å². The minimum atomic E-state index is -2.49. The van der Waals surface area contributed by atoms with Gasteiger partial charge in [0.1, 0.15) is 6.10 Å². The molecule has 36 heavy (non-hydrogen) atoms. The second-order valence-corrected chi connectivity index (χ2v) is 10.7. The second-order valence-electron chi connectivity index (χ2n) is 10.7. The molecule has 1 saturated carbocycles. The van der Waals surface area contributed by atoms with Crippen LogP contribution in [0.2, 0.25) is 0 Å². The van der Waals surface area contributed by atoms with Crippen molar-refractivity contribution < 1.29 is 29.3 Å². The molecule has 0 spiro atoms. The number of rotatable bonds is 14. The van der Waals surface area contributed by atoms with Gasteiger partial charge in [0.25, 0.3) is 5.79 Å². The molecule has 1 aliphatic carbocycles. The Labute approximate surface area is 216 Å². The third-order valence-corrected chi connectivity index (χ3v) is 7.09. The molecule has 0 radical (unpaired) electrons. The topological polar surface area (TPSA) is 93.1 Å². The van der Waals surface area contributed by atoms with Gasteiger partial charge in [-0.1, -0.05) is 76.1 Å². The molecule has 200 valence electrons. The van der Waals surface area contributed by atoms with Crippen LogP contribution in [0.25, 0.3) is 0 Å². The minimum absolute atomic E-state index is 0.137. The van der Waals surface area contributed by atoms with E-state index in [2.05, 4.69) is 37.7 Å². The van der Waals surface area contributed by atoms with Crippen molar-refractivity contribution in [3.63, 3.8) is 0 Å². The molecule has 2 rings (SSSR count). The van der Waals surface area contributed by atoms with E-state index in [0.717, 1.165) is 26.4 Å². The van der Waals surface area contributed by atoms with E-state index < -0.39 is 11.8 Å². The largest absolute Gasteiger partial charge is 0.465 e. The highest BCUT2D eigenvalue weighted by molar-refractivity contribution is 5.89. The van der Waals surface area contributed by atoms with Crippen LogP contribution in [0.1, 0.15) is 88.9 Å². The highest BCUT2D eigenvalue weighted by Gasteiger charge is 2.37. The number of aliphatic hydroxyl groups is 2. The molecule has 6 nitrogen and oxygen atoms in total. The number of carbonyl (C=O) groups is 2. The maximum absolute atomic E-state index is 12.7. The maximum Gasteiger partial charge on any atom is 0.366 e. The lowest BCUT2D eigenvalue weighted by atomic mass is 9.83. The standard InChI is InChI=1S/C30H44O6/c1-5-6-20-29(2,3)21-13-16-23-18-19-26(36-27(31)24-14-9-7-10-15-24)25(23)17-11-8-12-22-30(33,34)28(32)35-4/h7-11,13-16,23,25-26,33-34H,5-6,12,17-22H2,1-4H3/b11-8-,16-13+/t23-,25+,26-/m0/s1. The molecule has 0 saturated heterocycles. The first-order chi connectivity index (χ1) is 17.1. The summed E-state index contributed by atoms with van der Waals surface area (Å²) in [5.74, 6) is -3.42. The summed E-state index contributed by atoms with van der Waals surface area (Å²) in [6.07, 6.45) is 15.5. The first kappa shape index (κ1) is 29.8. The van der Waals surface area contributed by atoms with Crippen LogP contribution in [-0.2, 0) is 14.3 Å². The number of allylic oxidation sites excluding steroid dienone is 4. The molecule has 0 amide bonds. The number of carbonyl (C=O) groups excluding carboxylic acids is 2. The van der Waals surface area contributed by atoms with Crippen molar-refractivity contribution in [3.05, 3.63) is 60.2 Å². The van der Waals surface area contributed by atoms with E-state index in [9.17, 15) is 19.8 Å². The Morgan fingerprint density at radius 3 is 2.44 bits per heavy atom. The van der Waals surface area contributed by atoms with Crippen LogP contribution in [0.3, 0.4) is 0 Å². The molecule has 3 atom stereocenters. The number of ether oxygens (including phenoxy) is 2. The number of unbranched alkanes of at least 4 members (excludes halogenated alkanes) is 1. The Kier molecular flexibility index (Phi) is 11.9. The van der Waals surface area contributed by atoms with Crippen molar-refractivity contribution in [1.29, 1.82) is 0 Å². The molecule has 0 aromatic heterocycles. The number of esters is 2. The Hall–Kier alpha value is -2.44. The molecule has 1 aromatic carbocycles. The maximum atomic E-state index is 12.7. The monoisotopic (exact) mass is 500 g/mol. The first-order valence-corrected chi connectivity index (χ1v) is 13.2. The van der Waals surface area contributed by atoms with Gasteiger partial charge in [0, 0.05) is 12.3 Å². The van der Waals surface area contributed by atoms with Gasteiger partial charge in [-0.25, -0.2) is 9.59 Å². The quantitative estimate of drug-likeness (QED) is 0.185. The molecule has 2 N–H and O–H groups in total. The molecule has 6 heteroatoms. The first-order valence-electron chi connectivity index (χ1n) is 13.2. The average molecular weight is 501 g/mol. The summed E-state index contributed by atoms with van der Waals surface area (Å²) in [7, 11) is 1.12. The third kappa shape index (κ3) is 9.55. The zero-order valence-electron chi connectivity index (χ0n) is 22.3. The van der Waals surface area contributed by atoms with Gasteiger partial charge < -0.3 is 19.7 Å². The molecule has 1 fully saturated rings. The summed E-state index contributed by atoms with van der Waals surface area (Å²) in [5.41, 5.74) is 0.814. The highest BCUT2D eigenvalue weighted by Crippen LogP contribution is 2.39. The second kappa shape index (κ2) is 14.3. The van der Waals surface area contributed by atoms with Crippen LogP contribution < -0.4 is 0 Å². The SMILES string of the molecule is CCCCC(C)(C)C/C=C/[C@H]1CC[C@H](OC(=O)c2ccccc2)[C@@H]1C/C=C\CCC(O)(O)C(=O)OC. The Bertz CT molecular complexity index is 871. The number of methoxy groups -OCH3 is 1. The Morgan fingerprint density at radius 2 is 1.78 bits per heavy atom. The van der Waals surface area contributed by atoms with Gasteiger partial charge >= 0.3 is 11.9 Å². The van der Waals surface area contributed by atoms with Gasteiger partial charge in [0.05, 0.1) is 12.7 Å². The Morgan fingerprint density at radius 1 is 1.06 bits per heavy atom. The van der Waals surface area contributed by atoms with E-state index in [1.165, 1.54) is 19.3 Å². The third-order valence-electron chi connectivity index (χ3n) is 7.09. The molecule has 1 aliphatic rings. The molecular formula is C30H44O6. The highest BCUT2D eigenvalue weighted by atomic mass is 16.6. The fourth-order valence-corrected chi connectivity index (χ4v) is 4.79. The summed E-state index contributed by atoms with van der Waals surface area (Å²) < 4.78 is 10.4. The molecule has 0 unspecified atom stereocenters. The molecule has 0 aliphatic heterocycles. The van der Waals surface area contributed by atoms with Gasteiger partial charge in [0.15, 0.2) is 0 Å². The Balaban J connectivity index is 2.04. The van der Waals surface area contributed by atoms with Crippen LogP contribution in [0, 0.1) is 17.3 Å². The smallest absolute Gasteiger partial charge is 0.366 e. The molecular weight excluding hydrogens is 456 g/mol. The van der Waals surface area contributed by atoms with Crippen molar-refractivity contribution in [1.82, 2.24) is 0 Å². The van der Waals surface area contributed by atoms with Crippen molar-refractivity contribution in [2.75, 3.05) is 7.11 Å². The lowest BCUT2D eigenvalue weighted by molar-refractivity contribution is -0.208. The van der Waals surface area contributed by atoms with E-state index in [4.69, 9.17) is 4.74 Å². The van der Waals surface area contributed by atoms with E-state index in [-0.39, 0.29) is 29.8 Å². The molecule has 1 aromatic rings. The van der Waals surface area contributed by atoms with Gasteiger partial charge in [-0.3, -0.25) is 0 Å². The van der Waals surface area contributed by atoms with E-state index >= 15 is 0 Å². The predicted octanol–water partition coefficient (Wildman–Crippen LogP) is 5.98. The van der Waals surface area contributed by atoms with Crippen LogP contribution in [0.4, 0.5) is 0 Å². The van der Waals surface area contributed by atoms with Crippen LogP contribution in [0.5, 0.6) is 0 Å². The minimum Gasteiger partial charge on any atom is -0.465 e. The van der Waals surface area contributed by atoms with E-state index in [1.807, 2.05) is 30.4 Å². The van der Waals surface area contributed by atoms with Gasteiger partial charge in [0.2, 0.25) is 0 Å². The summed E-state index contributed by atoms with van der Waals surface area (Å²) in [5, 5.41) is 19.6. The summed E-state index contributed by atoms with van der Waals surface area (Å²) in [4.78, 5) is 24.2. The number of hydrogen-bond acceptors (Lipinski definition) is 6. The van der Waals surface area contributed by atoms with Crippen molar-refractivity contribution in [2.24, 2.45) is 17.3 Å². The predicted molar refractivity (Wildman–Crippen MR) is 141 cm³/mol. The van der Waals surface area contributed by atoms with Gasteiger partial charge in [-0.2, -0.15) is 0 Å². The molecule has 0 bridgehead atoms. The van der Waals surface area contributed by atoms with Crippen molar-refractivity contribution in [3.8, 4) is 0 Å². The lowest BCUT2D eigenvalue weighted by Gasteiger charge is -2.24. The summed E-state index contributed by atoms with van der Waals surface area (Å²) >= 11 is 0. The van der Waals surface area contributed by atoms with Crippen LogP contribution >= 0.6 is 0 Å². The summed E-state index contributed by atoms with van der Waals surface area (Å²) in [6, 6.07) is 9.05. The van der Waals surface area contributed by atoms with Crippen molar-refractivity contribution >= 4 is 11.9 Å². The zero-order valence-corrected chi connectivity index (χ0v) is 22.3. The number of benzene rings is 1. The molecule has 0 heterocycles. The van der Waals surface area contributed by atoms with E-state index in [0.29, 0.717) is 24.3 Å². The average Bonchev–Trinajstić information content (AvgIpc) is 3.23. The zero-order chi connectivity index (χ0) is 26.6. The van der Waals surface area contributed by atoms with Gasteiger partial charge in [-0.15, -0.1) is 0 Å². The van der Waals surface area contributed by atoms with Gasteiger partial charge in [-0.05, 0) is 62.0 Å². The van der Waals surface area contributed by atoms with Crippen molar-refractivity contribution in [2.45, 2.75) is 90.4 Å². The normalized spacial score (nSPS) is 20.8. The van der Waals surface area contributed by atoms with Crippen LogP contribution in [-0.4, -0.2) is 41.2 Å². The lowest BCUT2D eigenvalue weighted by Crippen LogP contribution is -2.39. The van der Waals surface area contributed by atoms with E-state index in [1.54, 1.807) is 12.1 Å².